The second-order valence-corrected chi connectivity index (χ2v) is 3.49. The summed E-state index contributed by atoms with van der Waals surface area (Å²) in [5, 5.41) is 11.7. The molecule has 0 amide bonds. The summed E-state index contributed by atoms with van der Waals surface area (Å²) in [6.45, 7) is 2.22. The molecular weight excluding hydrogens is 218 g/mol. The Bertz CT molecular complexity index is 569. The Balaban J connectivity index is 2.07. The molecule has 0 fully saturated rings. The van der Waals surface area contributed by atoms with Crippen molar-refractivity contribution in [1.82, 2.24) is 9.97 Å². The normalized spacial score (nSPS) is 9.88. The van der Waals surface area contributed by atoms with Crippen molar-refractivity contribution in [3.05, 3.63) is 35.7 Å². The highest BCUT2D eigenvalue weighted by atomic mass is 16.4. The Hall–Kier alpha value is -2.55. The third-order valence-electron chi connectivity index (χ3n) is 2.12. The molecule has 0 saturated carbocycles. The smallest absolute Gasteiger partial charge is 0.213 e. The minimum Gasteiger partial charge on any atom is -0.444 e. The summed E-state index contributed by atoms with van der Waals surface area (Å²) in [4.78, 5) is 8.09. The number of nitrogens with two attached hydrogens (primary N) is 1. The lowest BCUT2D eigenvalue weighted by atomic mass is 10.3. The summed E-state index contributed by atoms with van der Waals surface area (Å²) in [6.07, 6.45) is 3.10. The molecule has 6 nitrogen and oxygen atoms in total. The SMILES string of the molecule is Cc1cnc(CNc2ncc(C#N)cc2N)o1. The van der Waals surface area contributed by atoms with E-state index in [4.69, 9.17) is 15.4 Å². The predicted molar refractivity (Wildman–Crippen MR) is 61.9 cm³/mol. The van der Waals surface area contributed by atoms with Crippen LogP contribution in [0.25, 0.3) is 0 Å². The van der Waals surface area contributed by atoms with Crippen LogP contribution in [0, 0.1) is 18.3 Å². The molecule has 17 heavy (non-hydrogen) atoms. The van der Waals surface area contributed by atoms with E-state index < -0.39 is 0 Å². The molecule has 0 saturated heterocycles. The van der Waals surface area contributed by atoms with Crippen LogP contribution in [0.5, 0.6) is 0 Å². The molecule has 0 aliphatic carbocycles. The van der Waals surface area contributed by atoms with E-state index in [0.717, 1.165) is 5.76 Å². The van der Waals surface area contributed by atoms with Gasteiger partial charge in [-0.25, -0.2) is 9.97 Å². The number of nitrogens with zero attached hydrogens (tertiary/aromatic N) is 3. The molecule has 2 rings (SSSR count). The lowest BCUT2D eigenvalue weighted by Crippen LogP contribution is -2.05. The van der Waals surface area contributed by atoms with Gasteiger partial charge in [0.05, 0.1) is 24.0 Å². The molecule has 0 aliphatic rings. The van der Waals surface area contributed by atoms with Crippen LogP contribution in [-0.4, -0.2) is 9.97 Å². The largest absolute Gasteiger partial charge is 0.444 e. The van der Waals surface area contributed by atoms with Gasteiger partial charge in [0.2, 0.25) is 5.89 Å². The van der Waals surface area contributed by atoms with Crippen molar-refractivity contribution in [1.29, 1.82) is 5.26 Å². The van der Waals surface area contributed by atoms with Crippen molar-refractivity contribution in [2.75, 3.05) is 11.1 Å². The zero-order valence-electron chi connectivity index (χ0n) is 9.27. The molecule has 0 aliphatic heterocycles. The zero-order valence-corrected chi connectivity index (χ0v) is 9.27. The summed E-state index contributed by atoms with van der Waals surface area (Å²) < 4.78 is 5.30. The quantitative estimate of drug-likeness (QED) is 0.825. The summed E-state index contributed by atoms with van der Waals surface area (Å²) in [5.74, 6) is 1.83. The standard InChI is InChI=1S/C11H11N5O/c1-7-4-14-10(17-7)6-16-11-9(13)2-8(3-12)5-15-11/h2,4-5H,6,13H2,1H3,(H,15,16). The first-order valence-electron chi connectivity index (χ1n) is 5.00. The average molecular weight is 229 g/mol. The number of nitrogen functional groups attached to an aromatic ring is 1. The summed E-state index contributed by atoms with van der Waals surface area (Å²) in [6, 6.07) is 3.54. The molecule has 2 aromatic heterocycles. The molecule has 0 radical (unpaired) electrons. The Labute approximate surface area is 98.1 Å². The molecule has 2 heterocycles. The van der Waals surface area contributed by atoms with Crippen molar-refractivity contribution < 1.29 is 4.42 Å². The number of anilines is 2. The number of oxazole rings is 1. The second-order valence-electron chi connectivity index (χ2n) is 3.49. The van der Waals surface area contributed by atoms with Gasteiger partial charge in [-0.2, -0.15) is 5.26 Å². The van der Waals surface area contributed by atoms with Gasteiger partial charge in [0.1, 0.15) is 17.6 Å². The van der Waals surface area contributed by atoms with Gasteiger partial charge in [-0.1, -0.05) is 0 Å². The van der Waals surface area contributed by atoms with Crippen LogP contribution in [0.3, 0.4) is 0 Å². The minimum absolute atomic E-state index is 0.400. The molecule has 6 heteroatoms. The lowest BCUT2D eigenvalue weighted by Gasteiger charge is -2.05. The third kappa shape index (κ3) is 2.52. The number of aryl methyl sites for hydroxylation is 1. The van der Waals surface area contributed by atoms with Crippen LogP contribution in [0.2, 0.25) is 0 Å². The van der Waals surface area contributed by atoms with Crippen molar-refractivity contribution in [2.45, 2.75) is 13.5 Å². The fourth-order valence-electron chi connectivity index (χ4n) is 1.33. The Morgan fingerprint density at radius 2 is 2.29 bits per heavy atom. The highest BCUT2D eigenvalue weighted by molar-refractivity contribution is 5.62. The number of nitrogens with one attached hydrogen (secondary N) is 1. The van der Waals surface area contributed by atoms with Gasteiger partial charge in [0.25, 0.3) is 0 Å². The maximum atomic E-state index is 8.67. The first-order chi connectivity index (χ1) is 8.19. The van der Waals surface area contributed by atoms with Crippen LogP contribution in [0.15, 0.2) is 22.9 Å². The van der Waals surface area contributed by atoms with Crippen LogP contribution in [-0.2, 0) is 6.54 Å². The lowest BCUT2D eigenvalue weighted by molar-refractivity contribution is 0.479. The van der Waals surface area contributed by atoms with E-state index in [1.165, 1.54) is 6.20 Å². The van der Waals surface area contributed by atoms with Gasteiger partial charge >= 0.3 is 0 Å². The first kappa shape index (κ1) is 11.0. The maximum absolute atomic E-state index is 8.67. The molecule has 3 N–H and O–H groups in total. The first-order valence-corrected chi connectivity index (χ1v) is 5.00. The third-order valence-corrected chi connectivity index (χ3v) is 2.12. The molecule has 0 unspecified atom stereocenters. The Morgan fingerprint density at radius 3 is 2.88 bits per heavy atom. The highest BCUT2D eigenvalue weighted by Crippen LogP contribution is 2.16. The van der Waals surface area contributed by atoms with Crippen LogP contribution in [0.1, 0.15) is 17.2 Å². The molecule has 0 aromatic carbocycles. The van der Waals surface area contributed by atoms with Crippen molar-refractivity contribution in [3.63, 3.8) is 0 Å². The van der Waals surface area contributed by atoms with Crippen LogP contribution < -0.4 is 11.1 Å². The monoisotopic (exact) mass is 229 g/mol. The van der Waals surface area contributed by atoms with Crippen molar-refractivity contribution in [2.24, 2.45) is 0 Å². The second kappa shape index (κ2) is 4.53. The molecule has 0 spiro atoms. The molecular formula is C11H11N5O. The van der Waals surface area contributed by atoms with Gasteiger partial charge in [-0.05, 0) is 13.0 Å². The van der Waals surface area contributed by atoms with E-state index in [2.05, 4.69) is 15.3 Å². The molecule has 86 valence electrons. The van der Waals surface area contributed by atoms with Crippen molar-refractivity contribution >= 4 is 11.5 Å². The number of nitriles is 1. The van der Waals surface area contributed by atoms with Gasteiger partial charge in [0, 0.05) is 6.20 Å². The number of aromatic nitrogens is 2. The van der Waals surface area contributed by atoms with Gasteiger partial charge < -0.3 is 15.5 Å². The van der Waals surface area contributed by atoms with Crippen LogP contribution >= 0.6 is 0 Å². The fraction of sp³-hybridized carbons (Fsp3) is 0.182. The highest BCUT2D eigenvalue weighted by Gasteiger charge is 2.04. The van der Waals surface area contributed by atoms with E-state index in [-0.39, 0.29) is 0 Å². The van der Waals surface area contributed by atoms with Crippen LogP contribution in [0.4, 0.5) is 11.5 Å². The van der Waals surface area contributed by atoms with Gasteiger partial charge in [-0.3, -0.25) is 0 Å². The van der Waals surface area contributed by atoms with E-state index in [1.807, 2.05) is 13.0 Å². The van der Waals surface area contributed by atoms with E-state index in [9.17, 15) is 0 Å². The fourth-order valence-corrected chi connectivity index (χ4v) is 1.33. The minimum atomic E-state index is 0.400. The predicted octanol–water partition coefficient (Wildman–Crippen LogP) is 1.44. The maximum Gasteiger partial charge on any atom is 0.213 e. The number of hydrogen-bond donors (Lipinski definition) is 2. The Morgan fingerprint density at radius 1 is 1.47 bits per heavy atom. The average Bonchev–Trinajstić information content (AvgIpc) is 2.73. The van der Waals surface area contributed by atoms with Crippen molar-refractivity contribution in [3.8, 4) is 6.07 Å². The van der Waals surface area contributed by atoms with E-state index in [0.29, 0.717) is 29.5 Å². The summed E-state index contributed by atoms with van der Waals surface area (Å²) in [7, 11) is 0. The van der Waals surface area contributed by atoms with E-state index in [1.54, 1.807) is 12.3 Å². The molecule has 0 bridgehead atoms. The number of pyridine rings is 1. The van der Waals surface area contributed by atoms with Gasteiger partial charge in [0.15, 0.2) is 0 Å². The van der Waals surface area contributed by atoms with Gasteiger partial charge in [-0.15, -0.1) is 0 Å². The Kier molecular flexibility index (Phi) is 2.92. The number of hydrogen-bond acceptors (Lipinski definition) is 6. The zero-order chi connectivity index (χ0) is 12.3. The summed E-state index contributed by atoms with van der Waals surface area (Å²) in [5.41, 5.74) is 6.59. The molecule has 2 aromatic rings. The molecule has 0 atom stereocenters. The number of rotatable bonds is 3. The summed E-state index contributed by atoms with van der Waals surface area (Å²) >= 11 is 0. The van der Waals surface area contributed by atoms with E-state index >= 15 is 0 Å². The topological polar surface area (TPSA) is 101 Å².